The lowest BCUT2D eigenvalue weighted by molar-refractivity contribution is 0.470. The molecule has 1 N–H and O–H groups in total. The van der Waals surface area contributed by atoms with E-state index in [1.807, 2.05) is 30.6 Å². The molecule has 6 heteroatoms. The number of piperidine rings is 1. The predicted molar refractivity (Wildman–Crippen MR) is 94.0 cm³/mol. The molecule has 1 fully saturated rings. The van der Waals surface area contributed by atoms with Crippen molar-refractivity contribution in [3.63, 3.8) is 0 Å². The Morgan fingerprint density at radius 3 is 3.00 bits per heavy atom. The summed E-state index contributed by atoms with van der Waals surface area (Å²) in [5.41, 5.74) is 2.56. The number of anilines is 1. The number of hydrogen-bond acceptors (Lipinski definition) is 4. The van der Waals surface area contributed by atoms with Crippen molar-refractivity contribution in [1.29, 1.82) is 5.26 Å². The second kappa shape index (κ2) is 6.14. The second-order valence-corrected chi connectivity index (χ2v) is 6.47. The van der Waals surface area contributed by atoms with E-state index in [4.69, 9.17) is 16.6 Å². The van der Waals surface area contributed by atoms with E-state index in [1.54, 1.807) is 6.07 Å². The van der Waals surface area contributed by atoms with E-state index in [9.17, 15) is 5.26 Å². The molecule has 1 aromatic carbocycles. The monoisotopic (exact) mass is 337 g/mol. The lowest BCUT2D eigenvalue weighted by Gasteiger charge is -2.36. The Balaban J connectivity index is 1.82. The number of rotatable bonds is 2. The van der Waals surface area contributed by atoms with Gasteiger partial charge in [0.2, 0.25) is 0 Å². The number of halogens is 1. The number of pyridine rings is 1. The van der Waals surface area contributed by atoms with Gasteiger partial charge in [0.15, 0.2) is 0 Å². The number of benzene rings is 1. The fraction of sp³-hybridized carbons (Fsp3) is 0.278. The molecule has 0 bridgehead atoms. The Hall–Kier alpha value is -2.58. The highest BCUT2D eigenvalue weighted by atomic mass is 35.5. The lowest BCUT2D eigenvalue weighted by Crippen LogP contribution is -2.33. The Kier molecular flexibility index (Phi) is 3.83. The first-order chi connectivity index (χ1) is 11.8. The van der Waals surface area contributed by atoms with E-state index < -0.39 is 0 Å². The number of nitrogens with one attached hydrogen (secondary N) is 1. The molecule has 1 saturated heterocycles. The van der Waals surface area contributed by atoms with Crippen LogP contribution in [0.1, 0.15) is 36.4 Å². The highest BCUT2D eigenvalue weighted by molar-refractivity contribution is 6.31. The lowest BCUT2D eigenvalue weighted by atomic mass is 9.97. The molecule has 5 nitrogen and oxygen atoms in total. The zero-order chi connectivity index (χ0) is 16.5. The smallest absolute Gasteiger partial charge is 0.131 e. The maximum absolute atomic E-state index is 9.54. The average molecular weight is 338 g/mol. The summed E-state index contributed by atoms with van der Waals surface area (Å²) in [6.07, 6.45) is 7.17. The van der Waals surface area contributed by atoms with Gasteiger partial charge in [-0.05, 0) is 43.5 Å². The fourth-order valence-electron chi connectivity index (χ4n) is 3.42. The van der Waals surface area contributed by atoms with Gasteiger partial charge in [-0.25, -0.2) is 4.98 Å². The molecule has 1 aliphatic rings. The quantitative estimate of drug-likeness (QED) is 0.760. The zero-order valence-corrected chi connectivity index (χ0v) is 13.8. The van der Waals surface area contributed by atoms with Crippen LogP contribution in [-0.2, 0) is 0 Å². The van der Waals surface area contributed by atoms with Gasteiger partial charge in [0.1, 0.15) is 5.82 Å². The molecule has 4 rings (SSSR count). The van der Waals surface area contributed by atoms with Gasteiger partial charge in [-0.2, -0.15) is 10.4 Å². The summed E-state index contributed by atoms with van der Waals surface area (Å²) in [7, 11) is 0. The minimum Gasteiger partial charge on any atom is -0.349 e. The SMILES string of the molecule is N#Cc1cc(N2CCCCC2c2cn[nH]c2)nc2ccc(Cl)cc12. The Morgan fingerprint density at radius 2 is 2.21 bits per heavy atom. The van der Waals surface area contributed by atoms with Gasteiger partial charge in [0, 0.05) is 28.7 Å². The second-order valence-electron chi connectivity index (χ2n) is 6.04. The van der Waals surface area contributed by atoms with Crippen LogP contribution in [0, 0.1) is 11.3 Å². The van der Waals surface area contributed by atoms with Crippen molar-refractivity contribution >= 4 is 28.3 Å². The molecule has 24 heavy (non-hydrogen) atoms. The Bertz CT molecular complexity index is 913. The first kappa shape index (κ1) is 15.0. The van der Waals surface area contributed by atoms with E-state index in [1.165, 1.54) is 6.42 Å². The average Bonchev–Trinajstić information content (AvgIpc) is 3.15. The first-order valence-corrected chi connectivity index (χ1v) is 8.40. The highest BCUT2D eigenvalue weighted by Gasteiger charge is 2.26. The maximum atomic E-state index is 9.54. The summed E-state index contributed by atoms with van der Waals surface area (Å²) >= 11 is 6.07. The number of aromatic nitrogens is 3. The summed E-state index contributed by atoms with van der Waals surface area (Å²) in [4.78, 5) is 7.08. The Labute approximate surface area is 144 Å². The number of nitrogens with zero attached hydrogens (tertiary/aromatic N) is 4. The summed E-state index contributed by atoms with van der Waals surface area (Å²) in [6, 6.07) is 9.88. The van der Waals surface area contributed by atoms with E-state index in [0.29, 0.717) is 10.6 Å². The first-order valence-electron chi connectivity index (χ1n) is 8.02. The molecule has 0 aliphatic carbocycles. The van der Waals surface area contributed by atoms with E-state index in [-0.39, 0.29) is 6.04 Å². The van der Waals surface area contributed by atoms with Gasteiger partial charge in [0.25, 0.3) is 0 Å². The maximum Gasteiger partial charge on any atom is 0.131 e. The fourth-order valence-corrected chi connectivity index (χ4v) is 3.59. The normalized spacial score (nSPS) is 17.8. The van der Waals surface area contributed by atoms with Crippen molar-refractivity contribution in [3.8, 4) is 6.07 Å². The van der Waals surface area contributed by atoms with Crippen LogP contribution in [0.5, 0.6) is 0 Å². The molecule has 3 aromatic rings. The molecule has 0 amide bonds. The third kappa shape index (κ3) is 2.59. The van der Waals surface area contributed by atoms with Crippen LogP contribution in [0.2, 0.25) is 5.02 Å². The van der Waals surface area contributed by atoms with E-state index in [0.717, 1.165) is 41.7 Å². The summed E-state index contributed by atoms with van der Waals surface area (Å²) in [5.74, 6) is 0.840. The van der Waals surface area contributed by atoms with Gasteiger partial charge in [0.05, 0.1) is 29.4 Å². The van der Waals surface area contributed by atoms with E-state index >= 15 is 0 Å². The number of H-pyrrole nitrogens is 1. The van der Waals surface area contributed by atoms with Crippen molar-refractivity contribution in [2.75, 3.05) is 11.4 Å². The molecule has 2 aromatic heterocycles. The van der Waals surface area contributed by atoms with Gasteiger partial charge in [-0.3, -0.25) is 5.10 Å². The van der Waals surface area contributed by atoms with Gasteiger partial charge < -0.3 is 4.90 Å². The summed E-state index contributed by atoms with van der Waals surface area (Å²) in [5, 5.41) is 17.9. The zero-order valence-electron chi connectivity index (χ0n) is 13.0. The number of nitriles is 1. The standard InChI is InChI=1S/C18H16ClN5/c19-14-4-5-16-15(8-14)12(9-20)7-18(23-16)24-6-2-1-3-17(24)13-10-21-22-11-13/h4-5,7-8,10-11,17H,1-3,6H2,(H,21,22). The van der Waals surface area contributed by atoms with Crippen LogP contribution >= 0.6 is 11.6 Å². The highest BCUT2D eigenvalue weighted by Crippen LogP contribution is 2.35. The molecule has 1 unspecified atom stereocenters. The van der Waals surface area contributed by atoms with Crippen LogP contribution in [0.15, 0.2) is 36.7 Å². The van der Waals surface area contributed by atoms with Crippen LogP contribution in [-0.4, -0.2) is 21.7 Å². The largest absolute Gasteiger partial charge is 0.349 e. The predicted octanol–water partition coefficient (Wildman–Crippen LogP) is 4.21. The van der Waals surface area contributed by atoms with Crippen LogP contribution in [0.3, 0.4) is 0 Å². The van der Waals surface area contributed by atoms with Crippen LogP contribution in [0.25, 0.3) is 10.9 Å². The van der Waals surface area contributed by atoms with Crippen LogP contribution in [0.4, 0.5) is 5.82 Å². The Morgan fingerprint density at radius 1 is 1.29 bits per heavy atom. The molecular formula is C18H16ClN5. The molecule has 0 saturated carbocycles. The van der Waals surface area contributed by atoms with Crippen molar-refractivity contribution in [2.24, 2.45) is 0 Å². The van der Waals surface area contributed by atoms with Gasteiger partial charge in [-0.1, -0.05) is 11.6 Å². The number of aromatic amines is 1. The minimum absolute atomic E-state index is 0.237. The van der Waals surface area contributed by atoms with Crippen molar-refractivity contribution in [1.82, 2.24) is 15.2 Å². The molecule has 3 heterocycles. The van der Waals surface area contributed by atoms with Crippen molar-refractivity contribution in [3.05, 3.63) is 52.8 Å². The van der Waals surface area contributed by atoms with Gasteiger partial charge >= 0.3 is 0 Å². The molecular weight excluding hydrogens is 322 g/mol. The van der Waals surface area contributed by atoms with Gasteiger partial charge in [-0.15, -0.1) is 0 Å². The van der Waals surface area contributed by atoms with Crippen molar-refractivity contribution < 1.29 is 0 Å². The van der Waals surface area contributed by atoms with E-state index in [2.05, 4.69) is 21.2 Å². The number of fused-ring (bicyclic) bond motifs is 1. The number of hydrogen-bond donors (Lipinski definition) is 1. The van der Waals surface area contributed by atoms with Crippen LogP contribution < -0.4 is 4.90 Å². The summed E-state index contributed by atoms with van der Waals surface area (Å²) in [6.45, 7) is 0.923. The molecule has 1 aliphatic heterocycles. The molecule has 0 spiro atoms. The van der Waals surface area contributed by atoms with Crippen molar-refractivity contribution in [2.45, 2.75) is 25.3 Å². The topological polar surface area (TPSA) is 68.6 Å². The molecule has 1 atom stereocenters. The molecule has 120 valence electrons. The minimum atomic E-state index is 0.237. The summed E-state index contributed by atoms with van der Waals surface area (Å²) < 4.78 is 0. The molecule has 0 radical (unpaired) electrons. The third-order valence-corrected chi connectivity index (χ3v) is 4.81. The third-order valence-electron chi connectivity index (χ3n) is 4.58.